The Balaban J connectivity index is 0.00000169. The summed E-state index contributed by atoms with van der Waals surface area (Å²) in [4.78, 5) is 10.2. The monoisotopic (exact) mass is 202 g/mol. The first-order valence-electron chi connectivity index (χ1n) is 3.80. The fraction of sp³-hybridized carbons (Fsp3) is 0.100. The maximum atomic E-state index is 10.2. The van der Waals surface area contributed by atoms with Crippen LogP contribution in [0.25, 0.3) is 6.08 Å². The SMILES string of the molecule is Cc1cc(C=CC(=O)O)ccc1O.[NaH]. The van der Waals surface area contributed by atoms with Crippen LogP contribution in [0.4, 0.5) is 0 Å². The van der Waals surface area contributed by atoms with Gasteiger partial charge in [0, 0.05) is 6.08 Å². The molecule has 14 heavy (non-hydrogen) atoms. The van der Waals surface area contributed by atoms with Crippen LogP contribution in [0.5, 0.6) is 5.75 Å². The van der Waals surface area contributed by atoms with Crippen molar-refractivity contribution >= 4 is 41.6 Å². The van der Waals surface area contributed by atoms with Gasteiger partial charge in [-0.25, -0.2) is 4.79 Å². The van der Waals surface area contributed by atoms with Crippen LogP contribution < -0.4 is 0 Å². The molecule has 3 nitrogen and oxygen atoms in total. The minimum atomic E-state index is -0.981. The van der Waals surface area contributed by atoms with E-state index >= 15 is 0 Å². The van der Waals surface area contributed by atoms with Crippen molar-refractivity contribution in [1.29, 1.82) is 0 Å². The Labute approximate surface area is 104 Å². The first-order valence-corrected chi connectivity index (χ1v) is 3.80. The fourth-order valence-electron chi connectivity index (χ4n) is 0.950. The Morgan fingerprint density at radius 3 is 2.57 bits per heavy atom. The van der Waals surface area contributed by atoms with Crippen LogP contribution >= 0.6 is 0 Å². The molecule has 0 amide bonds. The van der Waals surface area contributed by atoms with Crippen molar-refractivity contribution in [3.8, 4) is 5.75 Å². The van der Waals surface area contributed by atoms with Gasteiger partial charge in [-0.2, -0.15) is 0 Å². The van der Waals surface area contributed by atoms with Crippen molar-refractivity contribution < 1.29 is 15.0 Å². The Kier molecular flexibility index (Phi) is 5.53. The zero-order valence-corrected chi connectivity index (χ0v) is 7.19. The second-order valence-electron chi connectivity index (χ2n) is 2.72. The number of aromatic hydroxyl groups is 1. The minimum absolute atomic E-state index is 0. The van der Waals surface area contributed by atoms with Crippen LogP contribution in [0.2, 0.25) is 0 Å². The number of hydrogen-bond acceptors (Lipinski definition) is 2. The van der Waals surface area contributed by atoms with Gasteiger partial charge in [-0.1, -0.05) is 6.07 Å². The predicted octanol–water partition coefficient (Wildman–Crippen LogP) is 1.15. The van der Waals surface area contributed by atoms with Gasteiger partial charge in [0.15, 0.2) is 0 Å². The third-order valence-electron chi connectivity index (χ3n) is 1.64. The molecule has 0 radical (unpaired) electrons. The van der Waals surface area contributed by atoms with Crippen molar-refractivity contribution in [2.24, 2.45) is 0 Å². The molecule has 0 spiro atoms. The summed E-state index contributed by atoms with van der Waals surface area (Å²) in [5.41, 5.74) is 1.49. The summed E-state index contributed by atoms with van der Waals surface area (Å²) in [7, 11) is 0. The zero-order chi connectivity index (χ0) is 9.84. The number of benzene rings is 1. The van der Waals surface area contributed by atoms with Gasteiger partial charge in [-0.05, 0) is 36.3 Å². The summed E-state index contributed by atoms with van der Waals surface area (Å²) < 4.78 is 0. The van der Waals surface area contributed by atoms with Crippen molar-refractivity contribution in [3.05, 3.63) is 35.4 Å². The molecule has 70 valence electrons. The van der Waals surface area contributed by atoms with E-state index in [9.17, 15) is 9.90 Å². The Morgan fingerprint density at radius 1 is 1.43 bits per heavy atom. The van der Waals surface area contributed by atoms with Gasteiger partial charge >= 0.3 is 35.5 Å². The van der Waals surface area contributed by atoms with E-state index in [1.54, 1.807) is 19.1 Å². The summed E-state index contributed by atoms with van der Waals surface area (Å²) in [6, 6.07) is 4.91. The van der Waals surface area contributed by atoms with E-state index in [0.717, 1.165) is 17.2 Å². The molecule has 0 fully saturated rings. The Hall–Kier alpha value is -0.770. The van der Waals surface area contributed by atoms with Crippen LogP contribution in [0.3, 0.4) is 0 Å². The van der Waals surface area contributed by atoms with Gasteiger partial charge in [-0.15, -0.1) is 0 Å². The molecular formula is C10H11NaO3. The topological polar surface area (TPSA) is 57.5 Å². The van der Waals surface area contributed by atoms with E-state index in [1.165, 1.54) is 12.1 Å². The zero-order valence-electron chi connectivity index (χ0n) is 7.19. The van der Waals surface area contributed by atoms with Gasteiger partial charge in [-0.3, -0.25) is 0 Å². The molecule has 0 aliphatic rings. The van der Waals surface area contributed by atoms with Gasteiger partial charge < -0.3 is 10.2 Å². The molecule has 4 heteroatoms. The summed E-state index contributed by atoms with van der Waals surface area (Å²) in [6.07, 6.45) is 2.54. The molecule has 1 aromatic carbocycles. The normalized spacial score (nSPS) is 9.79. The van der Waals surface area contributed by atoms with Crippen molar-refractivity contribution in [2.75, 3.05) is 0 Å². The van der Waals surface area contributed by atoms with Crippen LogP contribution in [0.1, 0.15) is 11.1 Å². The quantitative estimate of drug-likeness (QED) is 0.558. The van der Waals surface area contributed by atoms with Gasteiger partial charge in [0.25, 0.3) is 0 Å². The first kappa shape index (κ1) is 13.2. The Bertz CT molecular complexity index is 358. The molecule has 0 saturated carbocycles. The van der Waals surface area contributed by atoms with Gasteiger partial charge in [0.05, 0.1) is 0 Å². The van der Waals surface area contributed by atoms with E-state index in [4.69, 9.17) is 5.11 Å². The van der Waals surface area contributed by atoms with Crippen LogP contribution in [0, 0.1) is 6.92 Å². The third-order valence-corrected chi connectivity index (χ3v) is 1.64. The summed E-state index contributed by atoms with van der Waals surface area (Å²) >= 11 is 0. The van der Waals surface area contributed by atoms with Crippen LogP contribution in [-0.2, 0) is 4.79 Å². The van der Waals surface area contributed by atoms with Gasteiger partial charge in [0.1, 0.15) is 5.75 Å². The number of aryl methyl sites for hydroxylation is 1. The van der Waals surface area contributed by atoms with E-state index in [2.05, 4.69) is 0 Å². The van der Waals surface area contributed by atoms with Crippen LogP contribution in [-0.4, -0.2) is 45.7 Å². The summed E-state index contributed by atoms with van der Waals surface area (Å²) in [6.45, 7) is 1.76. The number of carboxylic acids is 1. The molecule has 0 bridgehead atoms. The number of hydrogen-bond donors (Lipinski definition) is 2. The van der Waals surface area contributed by atoms with Gasteiger partial charge in [0.2, 0.25) is 0 Å². The molecule has 0 heterocycles. The molecule has 1 rings (SSSR count). The third kappa shape index (κ3) is 3.96. The molecule has 1 aromatic rings. The van der Waals surface area contributed by atoms with E-state index in [0.29, 0.717) is 0 Å². The maximum absolute atomic E-state index is 10.2. The van der Waals surface area contributed by atoms with Crippen molar-refractivity contribution in [1.82, 2.24) is 0 Å². The number of carbonyl (C=O) groups is 1. The van der Waals surface area contributed by atoms with Crippen molar-refractivity contribution in [3.63, 3.8) is 0 Å². The second kappa shape index (κ2) is 5.86. The first-order chi connectivity index (χ1) is 6.09. The number of carboxylic acid groups (broad SMARTS) is 1. The standard InChI is InChI=1S/C10H10O3.Na.H/c1-7-6-8(2-4-9(7)11)3-5-10(12)13;;/h2-6,11H,1H3,(H,12,13);;. The number of rotatable bonds is 2. The van der Waals surface area contributed by atoms with Crippen molar-refractivity contribution in [2.45, 2.75) is 6.92 Å². The second-order valence-corrected chi connectivity index (χ2v) is 2.72. The van der Waals surface area contributed by atoms with E-state index in [1.807, 2.05) is 0 Å². The molecule has 0 aliphatic carbocycles. The Morgan fingerprint density at radius 2 is 2.07 bits per heavy atom. The molecule has 0 saturated heterocycles. The van der Waals surface area contributed by atoms with E-state index < -0.39 is 5.97 Å². The molecular weight excluding hydrogens is 191 g/mol. The number of phenolic OH excluding ortho intramolecular Hbond substituents is 1. The molecule has 0 aromatic heterocycles. The summed E-state index contributed by atoms with van der Waals surface area (Å²) in [5.74, 6) is -0.766. The molecule has 0 atom stereocenters. The molecule has 0 aliphatic heterocycles. The average molecular weight is 202 g/mol. The predicted molar refractivity (Wildman–Crippen MR) is 56.7 cm³/mol. The fourth-order valence-corrected chi connectivity index (χ4v) is 0.950. The van der Waals surface area contributed by atoms with Crippen LogP contribution in [0.15, 0.2) is 24.3 Å². The van der Waals surface area contributed by atoms with E-state index in [-0.39, 0.29) is 35.3 Å². The number of aliphatic carboxylic acids is 1. The molecule has 2 N–H and O–H groups in total. The number of phenols is 1. The molecule has 0 unspecified atom stereocenters. The average Bonchev–Trinajstić information content (AvgIpc) is 2.07. The summed E-state index contributed by atoms with van der Waals surface area (Å²) in [5, 5.41) is 17.5.